The summed E-state index contributed by atoms with van der Waals surface area (Å²) < 4.78 is 0. The largest absolute Gasteiger partial charge is 0.341 e. The van der Waals surface area contributed by atoms with E-state index in [2.05, 4.69) is 15.0 Å². The number of nitrogens with one attached hydrogen (secondary N) is 1. The van der Waals surface area contributed by atoms with Crippen LogP contribution in [0.1, 0.15) is 41.5 Å². The molecule has 0 aromatic carbocycles. The van der Waals surface area contributed by atoms with Gasteiger partial charge < -0.3 is 9.88 Å². The second-order valence-electron chi connectivity index (χ2n) is 4.73. The molecular formula is C14H16N4O. The molecule has 2 aromatic heterocycles. The minimum Gasteiger partial charge on any atom is -0.341 e. The maximum Gasteiger partial charge on any atom is 0.272 e. The summed E-state index contributed by atoms with van der Waals surface area (Å²) in [5.41, 5.74) is 1.51. The van der Waals surface area contributed by atoms with Crippen LogP contribution in [0.4, 0.5) is 0 Å². The molecule has 5 nitrogen and oxygen atoms in total. The van der Waals surface area contributed by atoms with E-state index in [0.717, 1.165) is 31.5 Å². The molecule has 0 bridgehead atoms. The number of aromatic nitrogens is 3. The molecule has 1 aliphatic rings. The molecule has 1 N–H and O–H groups in total. The van der Waals surface area contributed by atoms with Crippen molar-refractivity contribution in [1.82, 2.24) is 19.9 Å². The van der Waals surface area contributed by atoms with Crippen molar-refractivity contribution < 1.29 is 4.79 Å². The van der Waals surface area contributed by atoms with Crippen LogP contribution in [0, 0.1) is 0 Å². The number of hydrogen-bond donors (Lipinski definition) is 1. The third-order valence-electron chi connectivity index (χ3n) is 3.52. The van der Waals surface area contributed by atoms with Gasteiger partial charge in [-0.15, -0.1) is 0 Å². The second-order valence-corrected chi connectivity index (χ2v) is 4.73. The molecule has 1 unspecified atom stereocenters. The van der Waals surface area contributed by atoms with E-state index in [1.165, 1.54) is 6.33 Å². The first-order valence-corrected chi connectivity index (χ1v) is 6.56. The van der Waals surface area contributed by atoms with Crippen molar-refractivity contribution in [2.75, 3.05) is 6.54 Å². The van der Waals surface area contributed by atoms with Gasteiger partial charge in [0.05, 0.1) is 24.3 Å². The Labute approximate surface area is 111 Å². The normalized spacial score (nSPS) is 19.4. The lowest BCUT2D eigenvalue weighted by Gasteiger charge is -2.35. The van der Waals surface area contributed by atoms with Gasteiger partial charge in [0.25, 0.3) is 5.91 Å². The number of amides is 1. The first kappa shape index (κ1) is 11.9. The third kappa shape index (κ3) is 2.36. The van der Waals surface area contributed by atoms with Gasteiger partial charge in [-0.25, -0.2) is 4.98 Å². The van der Waals surface area contributed by atoms with Crippen LogP contribution in [-0.2, 0) is 0 Å². The molecule has 1 amide bonds. The minimum atomic E-state index is 0.00727. The van der Waals surface area contributed by atoms with Gasteiger partial charge >= 0.3 is 0 Å². The van der Waals surface area contributed by atoms with Crippen molar-refractivity contribution in [2.24, 2.45) is 0 Å². The zero-order valence-corrected chi connectivity index (χ0v) is 10.6. The zero-order valence-electron chi connectivity index (χ0n) is 10.6. The van der Waals surface area contributed by atoms with Crippen molar-refractivity contribution in [3.63, 3.8) is 0 Å². The van der Waals surface area contributed by atoms with E-state index in [9.17, 15) is 4.79 Å². The standard InChI is InChI=1S/C14H16N4O/c19-14(12-9-15-10-17-12)18-8-4-2-6-13(18)11-5-1-3-7-16-11/h1,3,5,7,9-10,13H,2,4,6,8H2,(H,15,17). The van der Waals surface area contributed by atoms with Crippen LogP contribution >= 0.6 is 0 Å². The Kier molecular flexibility index (Phi) is 3.27. The van der Waals surface area contributed by atoms with E-state index >= 15 is 0 Å². The fourth-order valence-electron chi connectivity index (χ4n) is 2.58. The minimum absolute atomic E-state index is 0.00727. The number of carbonyl (C=O) groups is 1. The molecule has 5 heteroatoms. The topological polar surface area (TPSA) is 61.9 Å². The number of aromatic amines is 1. The summed E-state index contributed by atoms with van der Waals surface area (Å²) in [6, 6.07) is 5.93. The van der Waals surface area contributed by atoms with Crippen LogP contribution in [0.2, 0.25) is 0 Å². The van der Waals surface area contributed by atoms with E-state index in [1.54, 1.807) is 12.4 Å². The summed E-state index contributed by atoms with van der Waals surface area (Å²) in [5.74, 6) is 0.00727. The Balaban J connectivity index is 1.87. The van der Waals surface area contributed by atoms with Gasteiger partial charge in [-0.05, 0) is 31.4 Å². The summed E-state index contributed by atoms with van der Waals surface area (Å²) in [6.45, 7) is 0.777. The zero-order chi connectivity index (χ0) is 13.1. The number of hydrogen-bond acceptors (Lipinski definition) is 3. The molecule has 2 aromatic rings. The van der Waals surface area contributed by atoms with E-state index < -0.39 is 0 Å². The molecule has 19 heavy (non-hydrogen) atoms. The Morgan fingerprint density at radius 2 is 2.32 bits per heavy atom. The van der Waals surface area contributed by atoms with Gasteiger partial charge in [0, 0.05) is 12.7 Å². The highest BCUT2D eigenvalue weighted by atomic mass is 16.2. The number of carbonyl (C=O) groups excluding carboxylic acids is 1. The molecule has 1 aliphatic heterocycles. The molecule has 1 saturated heterocycles. The predicted molar refractivity (Wildman–Crippen MR) is 70.5 cm³/mol. The second kappa shape index (κ2) is 5.22. The monoisotopic (exact) mass is 256 g/mol. The Hall–Kier alpha value is -2.17. The van der Waals surface area contributed by atoms with Crippen LogP contribution in [-0.4, -0.2) is 32.3 Å². The maximum absolute atomic E-state index is 12.5. The van der Waals surface area contributed by atoms with Crippen molar-refractivity contribution in [3.8, 4) is 0 Å². The summed E-state index contributed by atoms with van der Waals surface area (Å²) in [6.07, 6.45) is 8.04. The summed E-state index contributed by atoms with van der Waals surface area (Å²) in [4.78, 5) is 25.6. The van der Waals surface area contributed by atoms with Crippen molar-refractivity contribution in [3.05, 3.63) is 48.3 Å². The van der Waals surface area contributed by atoms with E-state index in [4.69, 9.17) is 0 Å². The summed E-state index contributed by atoms with van der Waals surface area (Å²) in [7, 11) is 0. The molecule has 1 fully saturated rings. The highest BCUT2D eigenvalue weighted by Gasteiger charge is 2.29. The molecule has 0 spiro atoms. The summed E-state index contributed by atoms with van der Waals surface area (Å²) >= 11 is 0. The average Bonchev–Trinajstić information content (AvgIpc) is 3.02. The van der Waals surface area contributed by atoms with E-state index in [1.807, 2.05) is 23.1 Å². The van der Waals surface area contributed by atoms with Gasteiger partial charge in [0.2, 0.25) is 0 Å². The molecule has 1 atom stereocenters. The predicted octanol–water partition coefficient (Wildman–Crippen LogP) is 2.17. The van der Waals surface area contributed by atoms with Crippen molar-refractivity contribution in [2.45, 2.75) is 25.3 Å². The van der Waals surface area contributed by atoms with Gasteiger partial charge in [0.1, 0.15) is 5.69 Å². The SMILES string of the molecule is O=C(c1cnc[nH]1)N1CCCCC1c1ccccn1. The third-order valence-corrected chi connectivity index (χ3v) is 3.52. The fourth-order valence-corrected chi connectivity index (χ4v) is 2.58. The smallest absolute Gasteiger partial charge is 0.272 e. The molecular weight excluding hydrogens is 240 g/mol. The molecule has 3 heterocycles. The maximum atomic E-state index is 12.5. The quantitative estimate of drug-likeness (QED) is 0.895. The number of rotatable bonds is 2. The van der Waals surface area contributed by atoms with Crippen LogP contribution < -0.4 is 0 Å². The molecule has 3 rings (SSSR count). The number of piperidine rings is 1. The van der Waals surface area contributed by atoms with Crippen LogP contribution in [0.5, 0.6) is 0 Å². The number of imidazole rings is 1. The van der Waals surface area contributed by atoms with E-state index in [-0.39, 0.29) is 11.9 Å². The van der Waals surface area contributed by atoms with E-state index in [0.29, 0.717) is 5.69 Å². The Morgan fingerprint density at radius 1 is 1.37 bits per heavy atom. The average molecular weight is 256 g/mol. The van der Waals surface area contributed by atoms with Crippen molar-refractivity contribution >= 4 is 5.91 Å². The molecule has 98 valence electrons. The lowest BCUT2D eigenvalue weighted by atomic mass is 9.98. The van der Waals surface area contributed by atoms with Crippen LogP contribution in [0.15, 0.2) is 36.9 Å². The van der Waals surface area contributed by atoms with Gasteiger partial charge in [-0.2, -0.15) is 0 Å². The number of H-pyrrole nitrogens is 1. The van der Waals surface area contributed by atoms with Gasteiger partial charge in [0.15, 0.2) is 0 Å². The first-order chi connectivity index (χ1) is 9.36. The molecule has 0 radical (unpaired) electrons. The lowest BCUT2D eigenvalue weighted by molar-refractivity contribution is 0.0600. The van der Waals surface area contributed by atoms with Crippen LogP contribution in [0.25, 0.3) is 0 Å². The molecule has 0 saturated carbocycles. The fraction of sp³-hybridized carbons (Fsp3) is 0.357. The van der Waals surface area contributed by atoms with Gasteiger partial charge in [-0.3, -0.25) is 9.78 Å². The number of nitrogens with zero attached hydrogens (tertiary/aromatic N) is 3. The Bertz CT molecular complexity index is 538. The number of pyridine rings is 1. The van der Waals surface area contributed by atoms with Crippen LogP contribution in [0.3, 0.4) is 0 Å². The van der Waals surface area contributed by atoms with Crippen molar-refractivity contribution in [1.29, 1.82) is 0 Å². The summed E-state index contributed by atoms with van der Waals surface area (Å²) in [5, 5.41) is 0. The number of likely N-dealkylation sites (tertiary alicyclic amines) is 1. The lowest BCUT2D eigenvalue weighted by Crippen LogP contribution is -2.39. The molecule has 0 aliphatic carbocycles. The highest BCUT2D eigenvalue weighted by Crippen LogP contribution is 2.30. The van der Waals surface area contributed by atoms with Gasteiger partial charge in [-0.1, -0.05) is 6.07 Å². The Morgan fingerprint density at radius 3 is 3.05 bits per heavy atom. The first-order valence-electron chi connectivity index (χ1n) is 6.56. The highest BCUT2D eigenvalue weighted by molar-refractivity contribution is 5.92.